The van der Waals surface area contributed by atoms with E-state index in [0.717, 1.165) is 5.56 Å². The first-order valence-electron chi connectivity index (χ1n) is 4.91. The topological polar surface area (TPSA) is 49.7 Å². The van der Waals surface area contributed by atoms with Crippen molar-refractivity contribution in [3.05, 3.63) is 34.7 Å². The Bertz CT molecular complexity index is 382. The lowest BCUT2D eigenvalue weighted by molar-refractivity contribution is -0.129. The highest BCUT2D eigenvalue weighted by molar-refractivity contribution is 6.18. The highest BCUT2D eigenvalue weighted by Crippen LogP contribution is 2.19. The molecule has 0 atom stereocenters. The zero-order chi connectivity index (χ0) is 12.0. The number of halogens is 1. The van der Waals surface area contributed by atoms with E-state index in [0.29, 0.717) is 24.7 Å². The van der Waals surface area contributed by atoms with Gasteiger partial charge in [-0.2, -0.15) is 0 Å². The molecule has 0 aromatic heterocycles. The second-order valence-corrected chi connectivity index (χ2v) is 3.73. The first-order valence-corrected chi connectivity index (χ1v) is 5.45. The van der Waals surface area contributed by atoms with E-state index < -0.39 is 0 Å². The van der Waals surface area contributed by atoms with Gasteiger partial charge in [0.15, 0.2) is 0 Å². The van der Waals surface area contributed by atoms with Crippen molar-refractivity contribution in [3.8, 4) is 0 Å². The summed E-state index contributed by atoms with van der Waals surface area (Å²) in [4.78, 5) is 23.4. The molecule has 0 radical (unpaired) electrons. The molecule has 0 unspecified atom stereocenters. The van der Waals surface area contributed by atoms with E-state index in [1.807, 2.05) is 6.07 Å². The molecule has 4 nitrogen and oxygen atoms in total. The summed E-state index contributed by atoms with van der Waals surface area (Å²) in [5.74, 6) is 0.303. The zero-order valence-corrected chi connectivity index (χ0v) is 9.78. The Morgan fingerprint density at radius 2 is 2.12 bits per heavy atom. The van der Waals surface area contributed by atoms with E-state index in [1.54, 1.807) is 23.1 Å². The lowest BCUT2D eigenvalue weighted by Crippen LogP contribution is -2.30. The standard InChI is InChI=1S/C11H13ClN2O2/c1-9(15)14(7-6-12)8-10-4-2-3-5-11(10)13-16/h2-5H,6-8H2,1H3. The number of carbonyl (C=O) groups is 1. The summed E-state index contributed by atoms with van der Waals surface area (Å²) >= 11 is 5.60. The molecule has 0 aliphatic carbocycles. The summed E-state index contributed by atoms with van der Waals surface area (Å²) < 4.78 is 0. The van der Waals surface area contributed by atoms with E-state index in [9.17, 15) is 9.70 Å². The SMILES string of the molecule is CC(=O)N(CCCl)Cc1ccccc1N=O. The van der Waals surface area contributed by atoms with Crippen LogP contribution in [0, 0.1) is 4.91 Å². The van der Waals surface area contributed by atoms with Crippen LogP contribution in [0.5, 0.6) is 0 Å². The molecule has 1 aromatic carbocycles. The van der Waals surface area contributed by atoms with Gasteiger partial charge >= 0.3 is 0 Å². The van der Waals surface area contributed by atoms with Crippen LogP contribution in [0.25, 0.3) is 0 Å². The van der Waals surface area contributed by atoms with Crippen LogP contribution in [-0.4, -0.2) is 23.2 Å². The van der Waals surface area contributed by atoms with Gasteiger partial charge in [0.2, 0.25) is 5.91 Å². The Hall–Kier alpha value is -1.42. The van der Waals surface area contributed by atoms with Gasteiger partial charge in [-0.15, -0.1) is 16.5 Å². The van der Waals surface area contributed by atoms with Crippen LogP contribution in [0.3, 0.4) is 0 Å². The maximum atomic E-state index is 11.3. The van der Waals surface area contributed by atoms with Crippen molar-refractivity contribution < 1.29 is 4.79 Å². The number of nitrogens with zero attached hydrogens (tertiary/aromatic N) is 2. The number of benzene rings is 1. The number of rotatable bonds is 5. The maximum Gasteiger partial charge on any atom is 0.219 e. The maximum absolute atomic E-state index is 11.3. The smallest absolute Gasteiger partial charge is 0.219 e. The molecule has 0 fully saturated rings. The zero-order valence-electron chi connectivity index (χ0n) is 9.02. The predicted molar refractivity (Wildman–Crippen MR) is 63.7 cm³/mol. The fourth-order valence-corrected chi connectivity index (χ4v) is 1.59. The summed E-state index contributed by atoms with van der Waals surface area (Å²) in [5, 5.41) is 2.92. The summed E-state index contributed by atoms with van der Waals surface area (Å²) in [6, 6.07) is 6.95. The van der Waals surface area contributed by atoms with Crippen LogP contribution in [0.2, 0.25) is 0 Å². The van der Waals surface area contributed by atoms with E-state index in [1.165, 1.54) is 6.92 Å². The Morgan fingerprint density at radius 3 is 2.69 bits per heavy atom. The van der Waals surface area contributed by atoms with Crippen molar-refractivity contribution in [1.82, 2.24) is 4.90 Å². The van der Waals surface area contributed by atoms with Gasteiger partial charge in [0.25, 0.3) is 0 Å². The first kappa shape index (κ1) is 12.6. The average molecular weight is 241 g/mol. The largest absolute Gasteiger partial charge is 0.337 e. The normalized spacial score (nSPS) is 9.88. The molecule has 0 aliphatic heterocycles. The third kappa shape index (κ3) is 3.31. The molecular weight excluding hydrogens is 228 g/mol. The van der Waals surface area contributed by atoms with Crippen molar-refractivity contribution in [2.75, 3.05) is 12.4 Å². The molecule has 5 heteroatoms. The van der Waals surface area contributed by atoms with Crippen LogP contribution in [-0.2, 0) is 11.3 Å². The number of hydrogen-bond donors (Lipinski definition) is 0. The van der Waals surface area contributed by atoms with Gasteiger partial charge in [0.05, 0.1) is 0 Å². The number of carbonyl (C=O) groups excluding carboxylic acids is 1. The molecule has 1 amide bonds. The molecule has 1 aromatic rings. The lowest BCUT2D eigenvalue weighted by Gasteiger charge is -2.20. The van der Waals surface area contributed by atoms with Gasteiger partial charge in [0.1, 0.15) is 5.69 Å². The Kier molecular flexibility index (Phi) is 4.92. The fraction of sp³-hybridized carbons (Fsp3) is 0.364. The minimum atomic E-state index is -0.0682. The highest BCUT2D eigenvalue weighted by Gasteiger charge is 2.11. The number of amides is 1. The van der Waals surface area contributed by atoms with Crippen molar-refractivity contribution >= 4 is 23.2 Å². The van der Waals surface area contributed by atoms with Crippen molar-refractivity contribution in [3.63, 3.8) is 0 Å². The van der Waals surface area contributed by atoms with Crippen molar-refractivity contribution in [1.29, 1.82) is 0 Å². The fourth-order valence-electron chi connectivity index (χ4n) is 1.39. The number of hydrogen-bond acceptors (Lipinski definition) is 3. The van der Waals surface area contributed by atoms with Crippen LogP contribution in [0.1, 0.15) is 12.5 Å². The van der Waals surface area contributed by atoms with Crippen LogP contribution < -0.4 is 0 Å². The molecule has 0 bridgehead atoms. The van der Waals surface area contributed by atoms with Gasteiger partial charge in [-0.3, -0.25) is 4.79 Å². The highest BCUT2D eigenvalue weighted by atomic mass is 35.5. The molecule has 1 rings (SSSR count). The number of nitroso groups, excluding NO2 is 1. The van der Waals surface area contributed by atoms with Crippen molar-refractivity contribution in [2.45, 2.75) is 13.5 Å². The molecular formula is C11H13ClN2O2. The van der Waals surface area contributed by atoms with E-state index in [2.05, 4.69) is 5.18 Å². The van der Waals surface area contributed by atoms with Gasteiger partial charge in [0, 0.05) is 31.5 Å². The first-order chi connectivity index (χ1) is 7.69. The third-order valence-electron chi connectivity index (χ3n) is 2.25. The Labute approximate surface area is 99.2 Å². The van der Waals surface area contributed by atoms with Crippen molar-refractivity contribution in [2.24, 2.45) is 5.18 Å². The van der Waals surface area contributed by atoms with E-state index in [4.69, 9.17) is 11.6 Å². The number of alkyl halides is 1. The van der Waals surface area contributed by atoms with Crippen LogP contribution >= 0.6 is 11.6 Å². The van der Waals surface area contributed by atoms with Gasteiger partial charge in [-0.25, -0.2) is 0 Å². The molecule has 0 N–H and O–H groups in total. The molecule has 0 heterocycles. The second kappa shape index (κ2) is 6.23. The second-order valence-electron chi connectivity index (χ2n) is 3.35. The molecule has 86 valence electrons. The lowest BCUT2D eigenvalue weighted by atomic mass is 10.1. The quantitative estimate of drug-likeness (QED) is 0.587. The molecule has 16 heavy (non-hydrogen) atoms. The summed E-state index contributed by atoms with van der Waals surface area (Å²) in [6.45, 7) is 2.30. The summed E-state index contributed by atoms with van der Waals surface area (Å²) in [7, 11) is 0. The van der Waals surface area contributed by atoms with Gasteiger partial charge < -0.3 is 4.90 Å². The van der Waals surface area contributed by atoms with Crippen LogP contribution in [0.4, 0.5) is 5.69 Å². The van der Waals surface area contributed by atoms with Crippen LogP contribution in [0.15, 0.2) is 29.4 Å². The van der Waals surface area contributed by atoms with E-state index >= 15 is 0 Å². The molecule has 0 saturated heterocycles. The molecule has 0 saturated carbocycles. The van der Waals surface area contributed by atoms with E-state index in [-0.39, 0.29) is 5.91 Å². The minimum Gasteiger partial charge on any atom is -0.337 e. The van der Waals surface area contributed by atoms with Gasteiger partial charge in [-0.05, 0) is 11.2 Å². The molecule has 0 aliphatic rings. The minimum absolute atomic E-state index is 0.0682. The summed E-state index contributed by atoms with van der Waals surface area (Å²) in [5.41, 5.74) is 1.10. The third-order valence-corrected chi connectivity index (χ3v) is 2.42. The predicted octanol–water partition coefficient (Wildman–Crippen LogP) is 2.67. The monoisotopic (exact) mass is 240 g/mol. The molecule has 0 spiro atoms. The summed E-state index contributed by atoms with van der Waals surface area (Å²) in [6.07, 6.45) is 0. The van der Waals surface area contributed by atoms with Gasteiger partial charge in [-0.1, -0.05) is 18.2 Å². The average Bonchev–Trinajstić information content (AvgIpc) is 2.29. The Balaban J connectivity index is 2.84. The Morgan fingerprint density at radius 1 is 1.44 bits per heavy atom.